The molecule has 0 amide bonds. The molecule has 1 N–H and O–H groups in total. The van der Waals surface area contributed by atoms with E-state index in [2.05, 4.69) is 19.9 Å². The zero-order valence-electron chi connectivity index (χ0n) is 15.4. The van der Waals surface area contributed by atoms with E-state index in [1.165, 1.54) is 12.1 Å². The Kier molecular flexibility index (Phi) is 4.99. The van der Waals surface area contributed by atoms with Crippen LogP contribution in [-0.2, 0) is 13.1 Å². The molecule has 2 heterocycles. The first-order valence-electron chi connectivity index (χ1n) is 9.03. The number of hydrogen-bond acceptors (Lipinski definition) is 5. The molecular weight excluding hydrogens is 359 g/mol. The number of H-pyrrole nitrogens is 1. The number of para-hydroxylation sites is 1. The smallest absolute Gasteiger partial charge is 0.258 e. The molecule has 28 heavy (non-hydrogen) atoms. The third kappa shape index (κ3) is 3.84. The highest BCUT2D eigenvalue weighted by Crippen LogP contribution is 2.20. The first-order chi connectivity index (χ1) is 13.6. The molecule has 2 aromatic carbocycles. The maximum atomic E-state index is 13.1. The Balaban J connectivity index is 1.51. The summed E-state index contributed by atoms with van der Waals surface area (Å²) in [4.78, 5) is 26.2. The van der Waals surface area contributed by atoms with Gasteiger partial charge in [0.15, 0.2) is 0 Å². The summed E-state index contributed by atoms with van der Waals surface area (Å²) in [6.45, 7) is 3.79. The first kappa shape index (κ1) is 18.1. The van der Waals surface area contributed by atoms with Gasteiger partial charge in [0, 0.05) is 12.1 Å². The summed E-state index contributed by atoms with van der Waals surface area (Å²) in [6, 6.07) is 13.3. The van der Waals surface area contributed by atoms with Crippen LogP contribution in [0.1, 0.15) is 18.4 Å². The summed E-state index contributed by atoms with van der Waals surface area (Å²) < 4.78 is 18.6. The van der Waals surface area contributed by atoms with Gasteiger partial charge in [0.25, 0.3) is 5.56 Å². The van der Waals surface area contributed by atoms with Crippen molar-refractivity contribution in [3.05, 3.63) is 82.5 Å². The van der Waals surface area contributed by atoms with E-state index in [1.54, 1.807) is 24.5 Å². The maximum absolute atomic E-state index is 13.1. The standard InChI is InChI=1S/C21H19FN4O2/c1-2-26(12-19-24-18-6-4-3-5-17(18)20(27)25-19)11-16-13-28-21(23-16)14-7-9-15(22)10-8-14/h3-10,13H,2,11-12H2,1H3,(H,24,25,27). The number of aromatic nitrogens is 3. The fraction of sp³-hybridized carbons (Fsp3) is 0.190. The van der Waals surface area contributed by atoms with E-state index in [0.29, 0.717) is 35.7 Å². The monoisotopic (exact) mass is 378 g/mol. The predicted octanol–water partition coefficient (Wildman–Crippen LogP) is 3.74. The highest BCUT2D eigenvalue weighted by Gasteiger charge is 2.13. The van der Waals surface area contributed by atoms with Crippen LogP contribution in [0.4, 0.5) is 4.39 Å². The lowest BCUT2D eigenvalue weighted by Gasteiger charge is -2.18. The largest absolute Gasteiger partial charge is 0.444 e. The fourth-order valence-corrected chi connectivity index (χ4v) is 3.03. The summed E-state index contributed by atoms with van der Waals surface area (Å²) in [5.41, 5.74) is 2.01. The Hall–Kier alpha value is -3.32. The number of benzene rings is 2. The fourth-order valence-electron chi connectivity index (χ4n) is 3.03. The van der Waals surface area contributed by atoms with E-state index in [-0.39, 0.29) is 11.4 Å². The second-order valence-electron chi connectivity index (χ2n) is 6.48. The molecule has 2 aromatic heterocycles. The number of halogens is 1. The van der Waals surface area contributed by atoms with Gasteiger partial charge in [-0.2, -0.15) is 0 Å². The summed E-state index contributed by atoms with van der Waals surface area (Å²) >= 11 is 0. The van der Waals surface area contributed by atoms with E-state index in [9.17, 15) is 9.18 Å². The molecule has 7 heteroatoms. The zero-order chi connectivity index (χ0) is 19.5. The molecule has 0 fully saturated rings. The van der Waals surface area contributed by atoms with Crippen LogP contribution in [0.5, 0.6) is 0 Å². The van der Waals surface area contributed by atoms with Crippen LogP contribution in [0.25, 0.3) is 22.4 Å². The second kappa shape index (κ2) is 7.74. The lowest BCUT2D eigenvalue weighted by molar-refractivity contribution is 0.261. The molecule has 0 unspecified atom stereocenters. The second-order valence-corrected chi connectivity index (χ2v) is 6.48. The Morgan fingerprint density at radius 2 is 1.86 bits per heavy atom. The Bertz CT molecular complexity index is 1150. The Morgan fingerprint density at radius 1 is 1.07 bits per heavy atom. The molecular formula is C21H19FN4O2. The molecule has 0 radical (unpaired) electrons. The van der Waals surface area contributed by atoms with Crippen LogP contribution in [0.15, 0.2) is 64.0 Å². The van der Waals surface area contributed by atoms with Crippen molar-refractivity contribution >= 4 is 10.9 Å². The quantitative estimate of drug-likeness (QED) is 0.553. The van der Waals surface area contributed by atoms with Gasteiger partial charge in [0.05, 0.1) is 23.1 Å². The number of nitrogens with zero attached hydrogens (tertiary/aromatic N) is 3. The summed E-state index contributed by atoms with van der Waals surface area (Å²) in [7, 11) is 0. The number of hydrogen-bond donors (Lipinski definition) is 1. The Morgan fingerprint density at radius 3 is 2.64 bits per heavy atom. The van der Waals surface area contributed by atoms with Crippen molar-refractivity contribution in [2.24, 2.45) is 0 Å². The maximum Gasteiger partial charge on any atom is 0.258 e. The lowest BCUT2D eigenvalue weighted by atomic mass is 10.2. The molecule has 4 rings (SSSR count). The molecule has 6 nitrogen and oxygen atoms in total. The van der Waals surface area contributed by atoms with Crippen LogP contribution in [0.2, 0.25) is 0 Å². The summed E-state index contributed by atoms with van der Waals surface area (Å²) in [6.07, 6.45) is 1.60. The molecule has 4 aromatic rings. The van der Waals surface area contributed by atoms with Gasteiger partial charge in [0.1, 0.15) is 17.9 Å². The van der Waals surface area contributed by atoms with Crippen molar-refractivity contribution in [1.82, 2.24) is 19.9 Å². The van der Waals surface area contributed by atoms with E-state index >= 15 is 0 Å². The molecule has 0 aliphatic heterocycles. The molecule has 0 saturated heterocycles. The SMILES string of the molecule is CCN(Cc1coc(-c2ccc(F)cc2)n1)Cc1nc2ccccc2c(=O)[nH]1. The average molecular weight is 378 g/mol. The first-order valence-corrected chi connectivity index (χ1v) is 9.03. The molecule has 0 bridgehead atoms. The Labute approximate surface area is 160 Å². The minimum Gasteiger partial charge on any atom is -0.444 e. The van der Waals surface area contributed by atoms with E-state index in [1.807, 2.05) is 25.1 Å². The van der Waals surface area contributed by atoms with Gasteiger partial charge in [-0.1, -0.05) is 19.1 Å². The molecule has 0 saturated carbocycles. The van der Waals surface area contributed by atoms with Gasteiger partial charge in [-0.15, -0.1) is 0 Å². The minimum atomic E-state index is -0.301. The van der Waals surface area contributed by atoms with Crippen LogP contribution in [0.3, 0.4) is 0 Å². The van der Waals surface area contributed by atoms with Gasteiger partial charge in [-0.05, 0) is 42.9 Å². The summed E-state index contributed by atoms with van der Waals surface area (Å²) in [5.74, 6) is 0.751. The van der Waals surface area contributed by atoms with Crippen LogP contribution < -0.4 is 5.56 Å². The van der Waals surface area contributed by atoms with Crippen molar-refractivity contribution in [1.29, 1.82) is 0 Å². The number of nitrogens with one attached hydrogen (secondary N) is 1. The van der Waals surface area contributed by atoms with Crippen molar-refractivity contribution in [3.8, 4) is 11.5 Å². The van der Waals surface area contributed by atoms with Crippen LogP contribution >= 0.6 is 0 Å². The molecule has 0 aliphatic rings. The lowest BCUT2D eigenvalue weighted by Crippen LogP contribution is -2.25. The molecule has 142 valence electrons. The number of aromatic amines is 1. The van der Waals surface area contributed by atoms with Crippen LogP contribution in [0, 0.1) is 5.82 Å². The topological polar surface area (TPSA) is 75.0 Å². The van der Waals surface area contributed by atoms with E-state index in [0.717, 1.165) is 17.8 Å². The van der Waals surface area contributed by atoms with Gasteiger partial charge in [-0.3, -0.25) is 9.69 Å². The van der Waals surface area contributed by atoms with Crippen LogP contribution in [-0.4, -0.2) is 26.4 Å². The number of oxazole rings is 1. The third-order valence-corrected chi connectivity index (χ3v) is 4.51. The van der Waals surface area contributed by atoms with Crippen molar-refractivity contribution in [3.63, 3.8) is 0 Å². The summed E-state index contributed by atoms with van der Waals surface area (Å²) in [5, 5.41) is 0.578. The van der Waals surface area contributed by atoms with Gasteiger partial charge >= 0.3 is 0 Å². The van der Waals surface area contributed by atoms with Crippen molar-refractivity contribution in [2.45, 2.75) is 20.0 Å². The molecule has 0 atom stereocenters. The zero-order valence-corrected chi connectivity index (χ0v) is 15.4. The third-order valence-electron chi connectivity index (χ3n) is 4.51. The molecule has 0 spiro atoms. The highest BCUT2D eigenvalue weighted by molar-refractivity contribution is 5.77. The number of rotatable bonds is 6. The average Bonchev–Trinajstić information content (AvgIpc) is 3.16. The van der Waals surface area contributed by atoms with E-state index in [4.69, 9.17) is 4.42 Å². The minimum absolute atomic E-state index is 0.142. The highest BCUT2D eigenvalue weighted by atomic mass is 19.1. The van der Waals surface area contributed by atoms with Gasteiger partial charge in [0.2, 0.25) is 5.89 Å². The van der Waals surface area contributed by atoms with E-state index < -0.39 is 0 Å². The van der Waals surface area contributed by atoms with Gasteiger partial charge < -0.3 is 9.40 Å². The molecule has 0 aliphatic carbocycles. The number of fused-ring (bicyclic) bond motifs is 1. The predicted molar refractivity (Wildman–Crippen MR) is 104 cm³/mol. The van der Waals surface area contributed by atoms with Gasteiger partial charge in [-0.25, -0.2) is 14.4 Å². The van der Waals surface area contributed by atoms with Crippen molar-refractivity contribution < 1.29 is 8.81 Å². The van der Waals surface area contributed by atoms with Crippen molar-refractivity contribution in [2.75, 3.05) is 6.54 Å². The normalized spacial score (nSPS) is 11.4.